The second-order valence-electron chi connectivity index (χ2n) is 7.25. The van der Waals surface area contributed by atoms with Crippen LogP contribution >= 0.6 is 0 Å². The quantitative estimate of drug-likeness (QED) is 0.371. The van der Waals surface area contributed by atoms with Gasteiger partial charge in [-0.1, -0.05) is 6.07 Å². The number of nitrogens with zero attached hydrogens (tertiary/aromatic N) is 1. The maximum Gasteiger partial charge on any atom is 0.573 e. The van der Waals surface area contributed by atoms with E-state index in [4.69, 9.17) is 9.47 Å². The minimum atomic E-state index is -4.77. The summed E-state index contributed by atoms with van der Waals surface area (Å²) in [4.78, 5) is 17.0. The van der Waals surface area contributed by atoms with Crippen molar-refractivity contribution in [2.45, 2.75) is 26.6 Å². The highest BCUT2D eigenvalue weighted by molar-refractivity contribution is 5.99. The molecule has 1 amide bonds. The van der Waals surface area contributed by atoms with E-state index in [0.29, 0.717) is 48.9 Å². The largest absolute Gasteiger partial charge is 0.573 e. The number of ether oxygens (including phenoxy) is 3. The van der Waals surface area contributed by atoms with Gasteiger partial charge in [-0.25, -0.2) is 4.98 Å². The average Bonchev–Trinajstić information content (AvgIpc) is 2.81. The average molecular weight is 489 g/mol. The van der Waals surface area contributed by atoms with Crippen molar-refractivity contribution in [3.8, 4) is 17.2 Å². The number of alkyl halides is 3. The first kappa shape index (κ1) is 25.7. The molecule has 3 rings (SSSR count). The number of rotatable bonds is 11. The van der Waals surface area contributed by atoms with Gasteiger partial charge in [0.2, 0.25) is 0 Å². The van der Waals surface area contributed by atoms with Crippen molar-refractivity contribution in [2.75, 3.05) is 25.1 Å². The van der Waals surface area contributed by atoms with Crippen LogP contribution < -0.4 is 24.8 Å². The summed E-state index contributed by atoms with van der Waals surface area (Å²) in [5.41, 5.74) is 1.72. The molecule has 0 radical (unpaired) electrons. The minimum Gasteiger partial charge on any atom is -0.490 e. The van der Waals surface area contributed by atoms with Crippen molar-refractivity contribution < 1.29 is 32.2 Å². The highest BCUT2D eigenvalue weighted by atomic mass is 19.4. The molecule has 0 atom stereocenters. The number of aromatic nitrogens is 1. The molecule has 0 saturated heterocycles. The SMILES string of the molecule is CCOc1ccc(CCNC(=O)c2cccnc2Nc2ccc(OC(F)(F)F)cc2)cc1OCC. The molecule has 186 valence electrons. The third kappa shape index (κ3) is 7.80. The van der Waals surface area contributed by atoms with Crippen LogP contribution in [-0.2, 0) is 6.42 Å². The number of hydrogen-bond acceptors (Lipinski definition) is 6. The third-order valence-corrected chi connectivity index (χ3v) is 4.71. The molecule has 35 heavy (non-hydrogen) atoms. The molecule has 7 nitrogen and oxygen atoms in total. The number of benzene rings is 2. The Labute approximate surface area is 201 Å². The molecule has 2 N–H and O–H groups in total. The maximum atomic E-state index is 12.8. The van der Waals surface area contributed by atoms with Crippen LogP contribution in [0.25, 0.3) is 0 Å². The minimum absolute atomic E-state index is 0.272. The second-order valence-corrected chi connectivity index (χ2v) is 7.25. The molecule has 0 bridgehead atoms. The molecule has 0 fully saturated rings. The van der Waals surface area contributed by atoms with Gasteiger partial charge in [0, 0.05) is 18.4 Å². The van der Waals surface area contributed by atoms with Crippen LogP contribution in [0.4, 0.5) is 24.7 Å². The van der Waals surface area contributed by atoms with E-state index in [1.807, 2.05) is 32.0 Å². The van der Waals surface area contributed by atoms with Crippen molar-refractivity contribution in [3.05, 3.63) is 71.9 Å². The Bertz CT molecular complexity index is 1120. The molecule has 0 aliphatic carbocycles. The van der Waals surface area contributed by atoms with Crippen molar-refractivity contribution >= 4 is 17.4 Å². The van der Waals surface area contributed by atoms with Gasteiger partial charge in [0.25, 0.3) is 5.91 Å². The standard InChI is InChI=1S/C25H26F3N3O4/c1-3-33-21-12-7-17(16-22(21)34-4-2)13-15-30-24(32)20-6-5-14-29-23(20)31-18-8-10-19(11-9-18)35-25(26,27)28/h5-12,14,16H,3-4,13,15H2,1-2H3,(H,29,31)(H,30,32). The van der Waals surface area contributed by atoms with Gasteiger partial charge < -0.3 is 24.8 Å². The molecule has 1 heterocycles. The molecular formula is C25H26F3N3O4. The van der Waals surface area contributed by atoms with E-state index in [2.05, 4.69) is 20.4 Å². The molecule has 0 aliphatic rings. The van der Waals surface area contributed by atoms with Gasteiger partial charge in [0.15, 0.2) is 11.5 Å². The molecule has 0 saturated carbocycles. The van der Waals surface area contributed by atoms with Crippen LogP contribution in [-0.4, -0.2) is 37.0 Å². The fourth-order valence-corrected chi connectivity index (χ4v) is 3.23. The molecular weight excluding hydrogens is 463 g/mol. The van der Waals surface area contributed by atoms with Gasteiger partial charge in [-0.05, 0) is 74.4 Å². The van der Waals surface area contributed by atoms with Gasteiger partial charge in [-0.3, -0.25) is 4.79 Å². The summed E-state index contributed by atoms with van der Waals surface area (Å²) in [6, 6.07) is 14.0. The number of carbonyl (C=O) groups excluding carboxylic acids is 1. The van der Waals surface area contributed by atoms with E-state index in [1.54, 1.807) is 12.1 Å². The lowest BCUT2D eigenvalue weighted by Gasteiger charge is -2.14. The highest BCUT2D eigenvalue weighted by Crippen LogP contribution is 2.29. The lowest BCUT2D eigenvalue weighted by atomic mass is 10.1. The van der Waals surface area contributed by atoms with Gasteiger partial charge >= 0.3 is 6.36 Å². The third-order valence-electron chi connectivity index (χ3n) is 4.71. The molecule has 0 unspecified atom stereocenters. The first-order chi connectivity index (χ1) is 16.8. The first-order valence-corrected chi connectivity index (χ1v) is 11.0. The van der Waals surface area contributed by atoms with E-state index >= 15 is 0 Å². The number of halogens is 3. The van der Waals surface area contributed by atoms with Gasteiger partial charge in [-0.2, -0.15) is 0 Å². The number of nitrogens with one attached hydrogen (secondary N) is 2. The van der Waals surface area contributed by atoms with Crippen LogP contribution in [0.5, 0.6) is 17.2 Å². The fraction of sp³-hybridized carbons (Fsp3) is 0.280. The Morgan fingerprint density at radius 1 is 0.971 bits per heavy atom. The number of amides is 1. The Hall–Kier alpha value is -3.95. The normalized spacial score (nSPS) is 11.0. The van der Waals surface area contributed by atoms with Gasteiger partial charge in [0.1, 0.15) is 11.6 Å². The molecule has 10 heteroatoms. The summed E-state index contributed by atoms with van der Waals surface area (Å²) < 4.78 is 52.1. The predicted molar refractivity (Wildman–Crippen MR) is 125 cm³/mol. The fourth-order valence-electron chi connectivity index (χ4n) is 3.23. The molecule has 2 aromatic carbocycles. The van der Waals surface area contributed by atoms with E-state index in [9.17, 15) is 18.0 Å². The summed E-state index contributed by atoms with van der Waals surface area (Å²) in [7, 11) is 0. The Morgan fingerprint density at radius 3 is 2.37 bits per heavy atom. The molecule has 0 spiro atoms. The number of carbonyl (C=O) groups is 1. The van der Waals surface area contributed by atoms with E-state index in [1.165, 1.54) is 30.5 Å². The second kappa shape index (κ2) is 12.0. The molecule has 0 aliphatic heterocycles. The summed E-state index contributed by atoms with van der Waals surface area (Å²) in [6.07, 6.45) is -2.69. The van der Waals surface area contributed by atoms with Crippen LogP contribution in [0, 0.1) is 0 Å². The monoisotopic (exact) mass is 489 g/mol. The summed E-state index contributed by atoms with van der Waals surface area (Å²) in [5.74, 6) is 0.918. The van der Waals surface area contributed by atoms with Gasteiger partial charge in [-0.15, -0.1) is 13.2 Å². The van der Waals surface area contributed by atoms with Crippen LogP contribution in [0.15, 0.2) is 60.8 Å². The van der Waals surface area contributed by atoms with Crippen LogP contribution in [0.1, 0.15) is 29.8 Å². The van der Waals surface area contributed by atoms with Gasteiger partial charge in [0.05, 0.1) is 18.8 Å². The predicted octanol–water partition coefficient (Wildman–Crippen LogP) is 5.49. The molecule has 1 aromatic heterocycles. The zero-order chi connectivity index (χ0) is 25.3. The zero-order valence-electron chi connectivity index (χ0n) is 19.3. The van der Waals surface area contributed by atoms with Crippen molar-refractivity contribution in [2.24, 2.45) is 0 Å². The number of anilines is 2. The van der Waals surface area contributed by atoms with E-state index < -0.39 is 6.36 Å². The Balaban J connectivity index is 1.61. The van der Waals surface area contributed by atoms with Crippen molar-refractivity contribution in [1.82, 2.24) is 10.3 Å². The lowest BCUT2D eigenvalue weighted by molar-refractivity contribution is -0.274. The van der Waals surface area contributed by atoms with Crippen LogP contribution in [0.2, 0.25) is 0 Å². The van der Waals surface area contributed by atoms with Crippen molar-refractivity contribution in [3.63, 3.8) is 0 Å². The maximum absolute atomic E-state index is 12.8. The number of pyridine rings is 1. The topological polar surface area (TPSA) is 81.7 Å². The van der Waals surface area contributed by atoms with Crippen molar-refractivity contribution in [1.29, 1.82) is 0 Å². The Morgan fingerprint density at radius 2 is 1.69 bits per heavy atom. The smallest absolute Gasteiger partial charge is 0.490 e. The summed E-state index contributed by atoms with van der Waals surface area (Å²) in [5, 5.41) is 5.82. The lowest BCUT2D eigenvalue weighted by Crippen LogP contribution is -2.26. The summed E-state index contributed by atoms with van der Waals surface area (Å²) >= 11 is 0. The number of hydrogen-bond donors (Lipinski definition) is 2. The van der Waals surface area contributed by atoms with E-state index in [-0.39, 0.29) is 17.5 Å². The first-order valence-electron chi connectivity index (χ1n) is 11.0. The van der Waals surface area contributed by atoms with Crippen LogP contribution in [0.3, 0.4) is 0 Å². The Kier molecular flexibility index (Phi) is 8.77. The summed E-state index contributed by atoms with van der Waals surface area (Å²) in [6.45, 7) is 5.21. The highest BCUT2D eigenvalue weighted by Gasteiger charge is 2.31. The molecule has 3 aromatic rings. The zero-order valence-corrected chi connectivity index (χ0v) is 19.3. The van der Waals surface area contributed by atoms with E-state index in [0.717, 1.165) is 5.56 Å².